The Kier molecular flexibility index (Phi) is 8.16. The van der Waals surface area contributed by atoms with Crippen molar-refractivity contribution >= 4 is 0 Å². The summed E-state index contributed by atoms with van der Waals surface area (Å²) in [6.45, 7) is 2.73. The van der Waals surface area contributed by atoms with E-state index in [0.29, 0.717) is 0 Å². The van der Waals surface area contributed by atoms with Crippen LogP contribution in [-0.4, -0.2) is 6.61 Å². The second-order valence-electron chi connectivity index (χ2n) is 2.52. The summed E-state index contributed by atoms with van der Waals surface area (Å²) >= 11 is 0. The molecule has 14 heavy (non-hydrogen) atoms. The molecular formula is C12H14ORu-6. The number of hydrogen-bond donors (Lipinski definition) is 0. The Hall–Kier alpha value is -0.877. The van der Waals surface area contributed by atoms with Gasteiger partial charge in [-0.3, -0.25) is 0 Å². The zero-order chi connectivity index (χ0) is 9.36. The fourth-order valence-electron chi connectivity index (χ4n) is 0.940. The van der Waals surface area contributed by atoms with Crippen LogP contribution in [0.3, 0.4) is 0 Å². The minimum absolute atomic E-state index is 0. The third-order valence-electron chi connectivity index (χ3n) is 1.50. The smallest absolute Gasteiger partial charge is 0.0686 e. The molecule has 1 nitrogen and oxygen atoms in total. The van der Waals surface area contributed by atoms with E-state index in [9.17, 15) is 0 Å². The topological polar surface area (TPSA) is 9.23 Å². The molecule has 0 saturated heterocycles. The fourth-order valence-corrected chi connectivity index (χ4v) is 0.940. The molecular weight excluding hydrogens is 261 g/mol. The van der Waals surface area contributed by atoms with Crippen molar-refractivity contribution in [2.75, 3.05) is 6.61 Å². The predicted molar refractivity (Wildman–Crippen MR) is 55.2 cm³/mol. The largest absolute Gasteiger partial charge is 0.748 e. The first kappa shape index (κ1) is 13.1. The van der Waals surface area contributed by atoms with Crippen molar-refractivity contribution in [2.45, 2.75) is 6.92 Å². The van der Waals surface area contributed by atoms with Crippen molar-refractivity contribution in [1.29, 1.82) is 0 Å². The maximum atomic E-state index is 5.15. The zero-order valence-electron chi connectivity index (χ0n) is 8.17. The summed E-state index contributed by atoms with van der Waals surface area (Å²) in [5.41, 5.74) is 0. The molecule has 0 saturated carbocycles. The third-order valence-corrected chi connectivity index (χ3v) is 1.50. The van der Waals surface area contributed by atoms with Gasteiger partial charge >= 0.3 is 0 Å². The molecule has 0 bridgehead atoms. The van der Waals surface area contributed by atoms with Crippen LogP contribution in [0.2, 0.25) is 0 Å². The molecule has 0 aliphatic rings. The Morgan fingerprint density at radius 2 is 1.43 bits per heavy atom. The van der Waals surface area contributed by atoms with Gasteiger partial charge in [-0.15, -0.1) is 12.1 Å². The molecule has 0 atom stereocenters. The number of rotatable bonds is 2. The summed E-state index contributed by atoms with van der Waals surface area (Å²) < 4.78 is 5.15. The molecule has 0 amide bonds. The Labute approximate surface area is 98.2 Å². The Morgan fingerprint density at radius 1 is 1.00 bits per heavy atom. The quantitative estimate of drug-likeness (QED) is 0.604. The molecule has 2 rings (SSSR count). The standard InChI is InChI=1S/C7H9O.C5H5.Ru/c1-2-8-7-5-3-4-6-7;1-2-4-5-3-1;/h3-6H,2H2,1H3;1-5H;/q-1;-5;. The first-order valence-electron chi connectivity index (χ1n) is 4.44. The van der Waals surface area contributed by atoms with E-state index in [1.165, 1.54) is 0 Å². The number of ether oxygens (including phenoxy) is 1. The summed E-state index contributed by atoms with van der Waals surface area (Å²) in [7, 11) is 0. The minimum atomic E-state index is 0. The number of hydrogen-bond acceptors (Lipinski definition) is 1. The van der Waals surface area contributed by atoms with Crippen molar-refractivity contribution in [3.05, 3.63) is 54.6 Å². The molecule has 0 unspecified atom stereocenters. The molecule has 0 aliphatic heterocycles. The second-order valence-corrected chi connectivity index (χ2v) is 2.52. The predicted octanol–water partition coefficient (Wildman–Crippen LogP) is 3.21. The van der Waals surface area contributed by atoms with Gasteiger partial charge in [0.05, 0.1) is 6.61 Å². The molecule has 82 valence electrons. The monoisotopic (exact) mass is 276 g/mol. The van der Waals surface area contributed by atoms with Crippen molar-refractivity contribution in [3.63, 3.8) is 0 Å². The van der Waals surface area contributed by atoms with Crippen LogP contribution in [0.5, 0.6) is 5.75 Å². The van der Waals surface area contributed by atoms with Crippen LogP contribution in [0, 0.1) is 0 Å². The van der Waals surface area contributed by atoms with Gasteiger partial charge < -0.3 is 35.1 Å². The van der Waals surface area contributed by atoms with Gasteiger partial charge in [-0.25, -0.2) is 12.1 Å². The minimum Gasteiger partial charge on any atom is -0.748 e. The van der Waals surface area contributed by atoms with Crippen LogP contribution < -0.4 is 4.74 Å². The summed E-state index contributed by atoms with van der Waals surface area (Å²) in [4.78, 5) is 0. The van der Waals surface area contributed by atoms with Crippen molar-refractivity contribution in [2.24, 2.45) is 0 Å². The maximum absolute atomic E-state index is 5.15. The second kappa shape index (κ2) is 8.71. The molecule has 0 radical (unpaired) electrons. The van der Waals surface area contributed by atoms with Gasteiger partial charge in [0.1, 0.15) is 0 Å². The molecule has 0 heterocycles. The molecule has 2 aromatic carbocycles. The Balaban J connectivity index is 0.000000246. The van der Waals surface area contributed by atoms with Crippen LogP contribution in [0.15, 0.2) is 54.6 Å². The van der Waals surface area contributed by atoms with E-state index in [1.807, 2.05) is 61.5 Å². The van der Waals surface area contributed by atoms with E-state index < -0.39 is 0 Å². The van der Waals surface area contributed by atoms with Crippen molar-refractivity contribution in [3.8, 4) is 5.75 Å². The molecule has 0 spiro atoms. The van der Waals surface area contributed by atoms with E-state index in [2.05, 4.69) is 0 Å². The molecule has 0 N–H and O–H groups in total. The van der Waals surface area contributed by atoms with Gasteiger partial charge in [-0.2, -0.15) is 0 Å². The van der Waals surface area contributed by atoms with E-state index >= 15 is 0 Å². The molecule has 0 aromatic heterocycles. The van der Waals surface area contributed by atoms with Gasteiger partial charge in [0.15, 0.2) is 0 Å². The van der Waals surface area contributed by atoms with Gasteiger partial charge in [0.2, 0.25) is 0 Å². The first-order valence-corrected chi connectivity index (χ1v) is 4.44. The van der Waals surface area contributed by atoms with Crippen LogP contribution in [0.25, 0.3) is 0 Å². The van der Waals surface area contributed by atoms with Gasteiger partial charge in [-0.05, 0) is 6.92 Å². The Bertz CT molecular complexity index is 254. The average molecular weight is 275 g/mol. The van der Waals surface area contributed by atoms with Crippen molar-refractivity contribution < 1.29 is 24.2 Å². The van der Waals surface area contributed by atoms with Crippen LogP contribution in [0.1, 0.15) is 6.92 Å². The van der Waals surface area contributed by atoms with Crippen LogP contribution in [0.4, 0.5) is 0 Å². The fraction of sp³-hybridized carbons (Fsp3) is 0.167. The average Bonchev–Trinajstić information content (AvgIpc) is 2.79. The summed E-state index contributed by atoms with van der Waals surface area (Å²) in [6, 6.07) is 17.8. The third kappa shape index (κ3) is 5.71. The summed E-state index contributed by atoms with van der Waals surface area (Å²) in [5, 5.41) is 0. The molecule has 2 heteroatoms. The molecule has 0 aliphatic carbocycles. The van der Waals surface area contributed by atoms with Gasteiger partial charge in [0.25, 0.3) is 0 Å². The first-order chi connectivity index (χ1) is 6.43. The normalized spacial score (nSPS) is 8.07. The van der Waals surface area contributed by atoms with E-state index in [1.54, 1.807) is 0 Å². The van der Waals surface area contributed by atoms with E-state index in [-0.39, 0.29) is 19.5 Å². The van der Waals surface area contributed by atoms with Crippen LogP contribution >= 0.6 is 0 Å². The molecule has 2 aromatic rings. The zero-order valence-corrected chi connectivity index (χ0v) is 9.90. The molecule has 0 fully saturated rings. The van der Waals surface area contributed by atoms with Crippen molar-refractivity contribution in [1.82, 2.24) is 0 Å². The van der Waals surface area contributed by atoms with Gasteiger partial charge in [0, 0.05) is 25.2 Å². The Morgan fingerprint density at radius 3 is 1.79 bits per heavy atom. The maximum Gasteiger partial charge on any atom is 0.0686 e. The SMILES string of the molecule is CCO[c-]1cccc1.[Ru].[cH-]1[cH-][cH-][cH-][cH-]1. The van der Waals surface area contributed by atoms with Gasteiger partial charge in [-0.1, -0.05) is 0 Å². The van der Waals surface area contributed by atoms with Crippen LogP contribution in [-0.2, 0) is 19.5 Å². The summed E-state index contributed by atoms with van der Waals surface area (Å²) in [6.07, 6.45) is 0. The summed E-state index contributed by atoms with van der Waals surface area (Å²) in [5.74, 6) is 0.965. The van der Waals surface area contributed by atoms with E-state index in [0.717, 1.165) is 12.4 Å². The van der Waals surface area contributed by atoms with E-state index in [4.69, 9.17) is 4.74 Å².